The van der Waals surface area contributed by atoms with E-state index >= 15 is 0 Å². The molecule has 2 saturated carbocycles. The summed E-state index contributed by atoms with van der Waals surface area (Å²) in [5.41, 5.74) is 3.15. The molecule has 2 aromatic carbocycles. The zero-order valence-electron chi connectivity index (χ0n) is 19.4. The van der Waals surface area contributed by atoms with Crippen LogP contribution >= 0.6 is 11.6 Å². The first-order chi connectivity index (χ1) is 15.9. The maximum absolute atomic E-state index is 12.6. The molecule has 1 aromatic heterocycles. The number of fused-ring (bicyclic) bond motifs is 1. The Morgan fingerprint density at radius 2 is 1.91 bits per heavy atom. The van der Waals surface area contributed by atoms with Crippen molar-refractivity contribution in [3.63, 3.8) is 0 Å². The van der Waals surface area contributed by atoms with Gasteiger partial charge in [-0.2, -0.15) is 0 Å². The predicted molar refractivity (Wildman–Crippen MR) is 133 cm³/mol. The fourth-order valence-corrected chi connectivity index (χ4v) is 5.34. The van der Waals surface area contributed by atoms with Gasteiger partial charge < -0.3 is 9.67 Å². The Hall–Kier alpha value is -2.17. The molecule has 5 heteroatoms. The second-order valence-electron chi connectivity index (χ2n) is 10.2. The molecule has 1 heterocycles. The summed E-state index contributed by atoms with van der Waals surface area (Å²) in [7, 11) is 0. The Kier molecular flexibility index (Phi) is 6.32. The van der Waals surface area contributed by atoms with Gasteiger partial charge in [-0.3, -0.25) is 4.79 Å². The average molecular weight is 465 g/mol. The number of aryl methyl sites for hydroxylation is 1. The highest BCUT2D eigenvalue weighted by molar-refractivity contribution is 6.35. The molecule has 33 heavy (non-hydrogen) atoms. The van der Waals surface area contributed by atoms with Crippen LogP contribution in [0.25, 0.3) is 11.0 Å². The Balaban J connectivity index is 1.23. The predicted octanol–water partition coefficient (Wildman–Crippen LogP) is 6.87. The van der Waals surface area contributed by atoms with E-state index in [1.165, 1.54) is 43.2 Å². The highest BCUT2D eigenvalue weighted by atomic mass is 35.5. The van der Waals surface area contributed by atoms with Gasteiger partial charge in [-0.15, -0.1) is 0 Å². The normalized spacial score (nSPS) is 18.3. The van der Waals surface area contributed by atoms with Crippen LogP contribution in [0.3, 0.4) is 0 Å². The highest BCUT2D eigenvalue weighted by Crippen LogP contribution is 2.44. The molecule has 0 aliphatic heterocycles. The summed E-state index contributed by atoms with van der Waals surface area (Å²) in [5.74, 6) is 1.88. The molecule has 3 aromatic rings. The number of nitrogens with zero attached hydrogens (tertiary/aromatic N) is 2. The number of hydrogen-bond donors (Lipinski definition) is 1. The molecule has 0 bridgehead atoms. The number of rotatable bonds is 10. The van der Waals surface area contributed by atoms with Crippen LogP contribution in [-0.4, -0.2) is 20.4 Å². The van der Waals surface area contributed by atoms with Crippen LogP contribution in [0.4, 0.5) is 0 Å². The topological polar surface area (TPSA) is 55.1 Å². The highest BCUT2D eigenvalue weighted by Gasteiger charge is 2.29. The number of aliphatic hydroxyl groups is 1. The molecular formula is C28H33ClN2O2. The van der Waals surface area contributed by atoms with E-state index in [9.17, 15) is 9.90 Å². The van der Waals surface area contributed by atoms with Gasteiger partial charge in [-0.25, -0.2) is 4.98 Å². The third-order valence-electron chi connectivity index (χ3n) is 7.38. The van der Waals surface area contributed by atoms with Crippen LogP contribution in [0.15, 0.2) is 42.5 Å². The van der Waals surface area contributed by atoms with Gasteiger partial charge in [0.05, 0.1) is 16.1 Å². The standard InChI is InChI=1S/C28H33ClN2O2/c1-28(33,21-8-3-2-4-9-21)18-23(32)12-5-6-13-26-30-27-24(29)16-20(19-14-15-19)17-25(27)31(26)22-10-7-11-22/h2-4,8-9,16-17,19,22,33H,5-7,10-15,18H2,1H3. The quantitative estimate of drug-likeness (QED) is 0.333. The number of ketones is 1. The number of unbranched alkanes of at least 4 members (excludes halogenated alkanes) is 1. The van der Waals surface area contributed by atoms with Gasteiger partial charge in [0.2, 0.25) is 0 Å². The van der Waals surface area contributed by atoms with Gasteiger partial charge in [0.25, 0.3) is 0 Å². The molecule has 0 amide bonds. The SMILES string of the molecule is CC(O)(CC(=O)CCCCc1nc2c(Cl)cc(C3CC3)cc2n1C1CCC1)c1ccccc1. The first-order valence-electron chi connectivity index (χ1n) is 12.4. The van der Waals surface area contributed by atoms with E-state index in [0.29, 0.717) is 18.4 Å². The average Bonchev–Trinajstić information content (AvgIpc) is 3.54. The largest absolute Gasteiger partial charge is 0.385 e. The van der Waals surface area contributed by atoms with Crippen molar-refractivity contribution in [3.8, 4) is 0 Å². The zero-order valence-corrected chi connectivity index (χ0v) is 20.2. The molecule has 174 valence electrons. The van der Waals surface area contributed by atoms with Crippen LogP contribution in [0.5, 0.6) is 0 Å². The lowest BCUT2D eigenvalue weighted by molar-refractivity contribution is -0.123. The Bertz CT molecular complexity index is 1140. The number of halogens is 1. The third-order valence-corrected chi connectivity index (χ3v) is 7.66. The van der Waals surface area contributed by atoms with Crippen molar-refractivity contribution in [2.75, 3.05) is 0 Å². The molecule has 1 unspecified atom stereocenters. The molecule has 4 nitrogen and oxygen atoms in total. The van der Waals surface area contributed by atoms with Crippen LogP contribution in [0.1, 0.15) is 93.6 Å². The molecule has 2 aliphatic carbocycles. The number of imidazole rings is 1. The lowest BCUT2D eigenvalue weighted by Crippen LogP contribution is -2.25. The third kappa shape index (κ3) is 4.88. The zero-order chi connectivity index (χ0) is 23.0. The van der Waals surface area contributed by atoms with E-state index in [-0.39, 0.29) is 12.2 Å². The summed E-state index contributed by atoms with van der Waals surface area (Å²) < 4.78 is 2.44. The van der Waals surface area contributed by atoms with E-state index < -0.39 is 5.60 Å². The first kappa shape index (κ1) is 22.6. The molecular weight excluding hydrogens is 432 g/mol. The Morgan fingerprint density at radius 1 is 1.15 bits per heavy atom. The monoisotopic (exact) mass is 464 g/mol. The second-order valence-corrected chi connectivity index (χ2v) is 10.6. The van der Waals surface area contributed by atoms with Crippen molar-refractivity contribution in [1.29, 1.82) is 0 Å². The van der Waals surface area contributed by atoms with E-state index in [4.69, 9.17) is 16.6 Å². The molecule has 0 saturated heterocycles. The van der Waals surface area contributed by atoms with Crippen molar-refractivity contribution in [2.24, 2.45) is 0 Å². The summed E-state index contributed by atoms with van der Waals surface area (Å²) in [6, 6.07) is 14.4. The van der Waals surface area contributed by atoms with E-state index in [0.717, 1.165) is 41.2 Å². The molecule has 1 N–H and O–H groups in total. The minimum atomic E-state index is -1.12. The van der Waals surface area contributed by atoms with Crippen molar-refractivity contribution in [3.05, 3.63) is 64.4 Å². The summed E-state index contributed by atoms with van der Waals surface area (Å²) in [6.45, 7) is 1.72. The minimum absolute atomic E-state index is 0.105. The lowest BCUT2D eigenvalue weighted by atomic mass is 9.89. The smallest absolute Gasteiger partial charge is 0.136 e. The summed E-state index contributed by atoms with van der Waals surface area (Å²) in [6.07, 6.45) is 9.40. The molecule has 0 radical (unpaired) electrons. The van der Waals surface area contributed by atoms with Crippen molar-refractivity contribution < 1.29 is 9.90 Å². The van der Waals surface area contributed by atoms with Crippen LogP contribution in [0, 0.1) is 0 Å². The number of benzene rings is 2. The van der Waals surface area contributed by atoms with Crippen LogP contribution in [0.2, 0.25) is 5.02 Å². The molecule has 5 rings (SSSR count). The number of aromatic nitrogens is 2. The molecule has 1 atom stereocenters. The summed E-state index contributed by atoms with van der Waals surface area (Å²) >= 11 is 6.66. The summed E-state index contributed by atoms with van der Waals surface area (Å²) in [5, 5.41) is 11.5. The van der Waals surface area contributed by atoms with Gasteiger partial charge in [0, 0.05) is 25.3 Å². The van der Waals surface area contributed by atoms with Gasteiger partial charge in [-0.1, -0.05) is 41.9 Å². The Labute approximate surface area is 201 Å². The van der Waals surface area contributed by atoms with Crippen molar-refractivity contribution in [2.45, 2.75) is 88.7 Å². The molecule has 0 spiro atoms. The van der Waals surface area contributed by atoms with E-state index in [1.54, 1.807) is 6.92 Å². The van der Waals surface area contributed by atoms with E-state index in [1.807, 2.05) is 30.3 Å². The summed E-state index contributed by atoms with van der Waals surface area (Å²) in [4.78, 5) is 17.5. The van der Waals surface area contributed by atoms with Gasteiger partial charge in [-0.05, 0) is 81.0 Å². The van der Waals surface area contributed by atoms with E-state index in [2.05, 4.69) is 16.7 Å². The first-order valence-corrected chi connectivity index (χ1v) is 12.8. The minimum Gasteiger partial charge on any atom is -0.385 e. The van der Waals surface area contributed by atoms with Crippen molar-refractivity contribution in [1.82, 2.24) is 9.55 Å². The molecule has 2 aliphatic rings. The van der Waals surface area contributed by atoms with Crippen LogP contribution in [-0.2, 0) is 16.8 Å². The second kappa shape index (κ2) is 9.23. The number of Topliss-reactive ketones (excluding diaryl/α,β-unsaturated/α-hetero) is 1. The van der Waals surface area contributed by atoms with Crippen molar-refractivity contribution >= 4 is 28.4 Å². The Morgan fingerprint density at radius 3 is 2.58 bits per heavy atom. The molecule has 2 fully saturated rings. The lowest BCUT2D eigenvalue weighted by Gasteiger charge is -2.29. The van der Waals surface area contributed by atoms with Gasteiger partial charge in [0.1, 0.15) is 17.1 Å². The maximum Gasteiger partial charge on any atom is 0.136 e. The maximum atomic E-state index is 12.6. The van der Waals surface area contributed by atoms with Gasteiger partial charge in [0.15, 0.2) is 0 Å². The number of carbonyl (C=O) groups is 1. The fourth-order valence-electron chi connectivity index (χ4n) is 5.08. The van der Waals surface area contributed by atoms with Gasteiger partial charge >= 0.3 is 0 Å². The van der Waals surface area contributed by atoms with Crippen LogP contribution < -0.4 is 0 Å². The number of hydrogen-bond acceptors (Lipinski definition) is 3. The number of carbonyl (C=O) groups excluding carboxylic acids is 1. The fraction of sp³-hybridized carbons (Fsp3) is 0.500.